The molecule has 0 heterocycles. The van der Waals surface area contributed by atoms with Crippen molar-refractivity contribution in [2.45, 2.75) is 36.3 Å². The zero-order valence-electron chi connectivity index (χ0n) is 17.0. The molecule has 0 radical (unpaired) electrons. The molecule has 3 rings (SSSR count). The van der Waals surface area contributed by atoms with Crippen LogP contribution in [0.5, 0.6) is 0 Å². The molecule has 5 nitrogen and oxygen atoms in total. The molecule has 0 saturated heterocycles. The first-order chi connectivity index (χ1) is 14.2. The third-order valence-corrected chi connectivity index (χ3v) is 7.30. The van der Waals surface area contributed by atoms with E-state index in [2.05, 4.69) is 36.8 Å². The molecule has 0 unspecified atom stereocenters. The number of hydrogen-bond acceptors (Lipinski definition) is 4. The van der Waals surface area contributed by atoms with Crippen molar-refractivity contribution in [1.29, 1.82) is 0 Å². The molecule has 0 aliphatic heterocycles. The van der Waals surface area contributed by atoms with E-state index in [1.165, 1.54) is 34.9 Å². The van der Waals surface area contributed by atoms with Crippen LogP contribution < -0.4 is 4.72 Å². The Labute approximate surface area is 181 Å². The average Bonchev–Trinajstić information content (AvgIpc) is 2.69. The van der Waals surface area contributed by atoms with Crippen molar-refractivity contribution in [2.24, 2.45) is 0 Å². The van der Waals surface area contributed by atoms with Gasteiger partial charge in [0.1, 0.15) is 0 Å². The summed E-state index contributed by atoms with van der Waals surface area (Å²) in [7, 11) is -3.88. The van der Waals surface area contributed by atoms with Crippen molar-refractivity contribution in [2.75, 3.05) is 4.72 Å². The molecule has 0 aromatic heterocycles. The second-order valence-electron chi connectivity index (χ2n) is 7.12. The van der Waals surface area contributed by atoms with Gasteiger partial charge in [-0.2, -0.15) is 0 Å². The highest BCUT2D eigenvalue weighted by Crippen LogP contribution is 2.26. The van der Waals surface area contributed by atoms with Crippen LogP contribution in [0, 0.1) is 20.8 Å². The van der Waals surface area contributed by atoms with Crippen molar-refractivity contribution in [3.63, 3.8) is 0 Å². The van der Waals surface area contributed by atoms with E-state index in [0.717, 1.165) is 10.6 Å². The van der Waals surface area contributed by atoms with Crippen LogP contribution in [0.2, 0.25) is 0 Å². The molecular weight excluding hydrogens is 418 g/mol. The molecule has 0 saturated carbocycles. The lowest BCUT2D eigenvalue weighted by atomic mass is 10.1. The molecule has 7 heteroatoms. The number of benzene rings is 3. The Bertz CT molecular complexity index is 1190. The topological polar surface area (TPSA) is 83.5 Å². The summed E-state index contributed by atoms with van der Waals surface area (Å²) in [5, 5.41) is 9.22. The summed E-state index contributed by atoms with van der Waals surface area (Å²) < 4.78 is 27.8. The molecule has 3 aromatic rings. The molecule has 2 N–H and O–H groups in total. The largest absolute Gasteiger partial charge is 0.478 e. The van der Waals surface area contributed by atoms with E-state index in [0.29, 0.717) is 11.3 Å². The van der Waals surface area contributed by atoms with Crippen molar-refractivity contribution in [3.05, 3.63) is 88.5 Å². The number of carboxylic acid groups (broad SMARTS) is 1. The van der Waals surface area contributed by atoms with Gasteiger partial charge in [-0.1, -0.05) is 24.3 Å². The predicted molar refractivity (Wildman–Crippen MR) is 121 cm³/mol. The second-order valence-corrected chi connectivity index (χ2v) is 9.85. The number of rotatable bonds is 7. The Morgan fingerprint density at radius 2 is 1.57 bits per heavy atom. The van der Waals surface area contributed by atoms with Crippen LogP contribution >= 0.6 is 11.8 Å². The fourth-order valence-electron chi connectivity index (χ4n) is 2.89. The lowest BCUT2D eigenvalue weighted by molar-refractivity contribution is 0.0696. The molecule has 0 spiro atoms. The minimum atomic E-state index is -3.88. The van der Waals surface area contributed by atoms with E-state index >= 15 is 0 Å². The molecule has 0 bridgehead atoms. The van der Waals surface area contributed by atoms with E-state index < -0.39 is 16.0 Å². The molecule has 3 aromatic carbocycles. The first-order valence-corrected chi connectivity index (χ1v) is 11.8. The van der Waals surface area contributed by atoms with E-state index in [1.807, 2.05) is 12.1 Å². The summed E-state index contributed by atoms with van der Waals surface area (Å²) >= 11 is 1.68. The number of hydrogen-bond donors (Lipinski definition) is 2. The monoisotopic (exact) mass is 441 g/mol. The SMILES string of the molecule is Cc1ccc(CSc2ccc(NS(=O)(=O)c3ccc(C)c(C(=O)O)c3)cc2)cc1C. The predicted octanol–water partition coefficient (Wildman–Crippen LogP) is 5.40. The van der Waals surface area contributed by atoms with Gasteiger partial charge in [0.05, 0.1) is 10.5 Å². The van der Waals surface area contributed by atoms with Gasteiger partial charge in [0.2, 0.25) is 0 Å². The van der Waals surface area contributed by atoms with E-state index in [9.17, 15) is 18.3 Å². The van der Waals surface area contributed by atoms with Crippen LogP contribution in [0.4, 0.5) is 5.69 Å². The third kappa shape index (κ3) is 5.23. The molecule has 0 aliphatic rings. The van der Waals surface area contributed by atoms with Gasteiger partial charge in [-0.3, -0.25) is 4.72 Å². The lowest BCUT2D eigenvalue weighted by Crippen LogP contribution is -2.14. The van der Waals surface area contributed by atoms with Gasteiger partial charge in [0.25, 0.3) is 10.0 Å². The number of aryl methyl sites for hydroxylation is 3. The number of thioether (sulfide) groups is 1. The van der Waals surface area contributed by atoms with E-state index in [4.69, 9.17) is 0 Å². The van der Waals surface area contributed by atoms with Gasteiger partial charge in [-0.15, -0.1) is 11.8 Å². The third-order valence-electron chi connectivity index (χ3n) is 4.83. The molecule has 0 fully saturated rings. The van der Waals surface area contributed by atoms with Crippen LogP contribution in [0.15, 0.2) is 70.5 Å². The van der Waals surface area contributed by atoms with Gasteiger partial charge >= 0.3 is 5.97 Å². The fraction of sp³-hybridized carbons (Fsp3) is 0.174. The van der Waals surface area contributed by atoms with Gasteiger partial charge in [0.15, 0.2) is 0 Å². The number of carbonyl (C=O) groups is 1. The van der Waals surface area contributed by atoms with Gasteiger partial charge in [-0.25, -0.2) is 13.2 Å². The zero-order valence-corrected chi connectivity index (χ0v) is 18.6. The van der Waals surface area contributed by atoms with Gasteiger partial charge in [-0.05, 0) is 79.4 Å². The zero-order chi connectivity index (χ0) is 21.9. The Balaban J connectivity index is 1.69. The summed E-state index contributed by atoms with van der Waals surface area (Å²) in [5.41, 5.74) is 4.66. The van der Waals surface area contributed by atoms with E-state index in [-0.39, 0.29) is 10.5 Å². The summed E-state index contributed by atoms with van der Waals surface area (Å²) in [6.07, 6.45) is 0. The average molecular weight is 442 g/mol. The Kier molecular flexibility index (Phi) is 6.53. The van der Waals surface area contributed by atoms with Crippen molar-refractivity contribution < 1.29 is 18.3 Å². The maximum absolute atomic E-state index is 12.6. The highest BCUT2D eigenvalue weighted by atomic mass is 32.2. The maximum atomic E-state index is 12.6. The smallest absolute Gasteiger partial charge is 0.335 e. The minimum Gasteiger partial charge on any atom is -0.478 e. The minimum absolute atomic E-state index is 0.0315. The number of aromatic carboxylic acids is 1. The molecule has 156 valence electrons. The maximum Gasteiger partial charge on any atom is 0.335 e. The molecular formula is C23H23NO4S2. The quantitative estimate of drug-likeness (QED) is 0.480. The first kappa shape index (κ1) is 21.9. The summed E-state index contributed by atoms with van der Waals surface area (Å²) in [5.74, 6) is -0.331. The number of carboxylic acids is 1. The lowest BCUT2D eigenvalue weighted by Gasteiger charge is -2.11. The Morgan fingerprint density at radius 3 is 2.20 bits per heavy atom. The van der Waals surface area contributed by atoms with Crippen LogP contribution in [-0.4, -0.2) is 19.5 Å². The van der Waals surface area contributed by atoms with E-state index in [1.54, 1.807) is 30.8 Å². The highest BCUT2D eigenvalue weighted by Gasteiger charge is 2.18. The fourth-order valence-corrected chi connectivity index (χ4v) is 4.82. The summed E-state index contributed by atoms with van der Waals surface area (Å²) in [6, 6.07) is 17.6. The summed E-state index contributed by atoms with van der Waals surface area (Å²) in [6.45, 7) is 5.81. The van der Waals surface area contributed by atoms with Crippen molar-refractivity contribution in [3.8, 4) is 0 Å². The van der Waals surface area contributed by atoms with Gasteiger partial charge < -0.3 is 5.11 Å². The van der Waals surface area contributed by atoms with Crippen LogP contribution in [0.1, 0.15) is 32.6 Å². The van der Waals surface area contributed by atoms with Crippen molar-refractivity contribution >= 4 is 33.4 Å². The first-order valence-electron chi connectivity index (χ1n) is 9.31. The second kappa shape index (κ2) is 8.93. The molecule has 0 atom stereocenters. The molecule has 0 aliphatic carbocycles. The van der Waals surface area contributed by atoms with Gasteiger partial charge in [0, 0.05) is 16.3 Å². The number of anilines is 1. The standard InChI is InChI=1S/C23H23NO4S2/c1-15-4-6-18(12-17(15)3)14-29-20-9-7-19(8-10-20)24-30(27,28)21-11-5-16(2)22(13-21)23(25)26/h4-13,24H,14H2,1-3H3,(H,25,26). The van der Waals surface area contributed by atoms with Crippen molar-refractivity contribution in [1.82, 2.24) is 0 Å². The molecule has 30 heavy (non-hydrogen) atoms. The van der Waals surface area contributed by atoms with Crippen LogP contribution in [0.25, 0.3) is 0 Å². The Hall–Kier alpha value is -2.77. The Morgan fingerprint density at radius 1 is 0.900 bits per heavy atom. The summed E-state index contributed by atoms with van der Waals surface area (Å²) in [4.78, 5) is 12.2. The van der Waals surface area contributed by atoms with Crippen LogP contribution in [-0.2, 0) is 15.8 Å². The highest BCUT2D eigenvalue weighted by molar-refractivity contribution is 7.98. The molecule has 0 amide bonds. The number of nitrogens with one attached hydrogen (secondary N) is 1. The normalized spacial score (nSPS) is 11.3. The van der Waals surface area contributed by atoms with Crippen LogP contribution in [0.3, 0.4) is 0 Å². The number of sulfonamides is 1.